The quantitative estimate of drug-likeness (QED) is 0.843. The van der Waals surface area contributed by atoms with E-state index in [1.165, 1.54) is 0 Å². The first-order valence-corrected chi connectivity index (χ1v) is 9.65. The van der Waals surface area contributed by atoms with Gasteiger partial charge >= 0.3 is 0 Å². The van der Waals surface area contributed by atoms with Crippen LogP contribution in [0.2, 0.25) is 0 Å². The van der Waals surface area contributed by atoms with Crippen LogP contribution in [0.25, 0.3) is 0 Å². The summed E-state index contributed by atoms with van der Waals surface area (Å²) in [5.41, 5.74) is 1.46. The highest BCUT2D eigenvalue weighted by Gasteiger charge is 2.45. The van der Waals surface area contributed by atoms with Crippen LogP contribution in [0.5, 0.6) is 0 Å². The van der Waals surface area contributed by atoms with Crippen LogP contribution in [0.15, 0.2) is 41.2 Å². The number of likely N-dealkylation sites (tertiary alicyclic amines) is 1. The first kappa shape index (κ1) is 16.7. The molecule has 4 rings (SSSR count). The number of hydrogen-bond donors (Lipinski definition) is 0. The molecule has 2 atom stereocenters. The van der Waals surface area contributed by atoms with E-state index in [0.717, 1.165) is 37.1 Å². The number of ether oxygens (including phenoxy) is 2. The molecule has 6 heteroatoms. The molecule has 2 aromatic heterocycles. The first-order chi connectivity index (χ1) is 12.2. The van der Waals surface area contributed by atoms with Gasteiger partial charge < -0.3 is 14.4 Å². The summed E-state index contributed by atoms with van der Waals surface area (Å²) in [7, 11) is 0. The maximum Gasteiger partial charge on any atom is 0.254 e. The smallest absolute Gasteiger partial charge is 0.254 e. The van der Waals surface area contributed by atoms with Gasteiger partial charge in [-0.2, -0.15) is 11.3 Å². The molecule has 0 aromatic carbocycles. The molecular formula is C19H22N2O3S. The van der Waals surface area contributed by atoms with E-state index >= 15 is 0 Å². The van der Waals surface area contributed by atoms with Gasteiger partial charge in [0.25, 0.3) is 5.91 Å². The second-order valence-electron chi connectivity index (χ2n) is 6.79. The molecule has 2 aromatic rings. The van der Waals surface area contributed by atoms with Crippen molar-refractivity contribution in [3.05, 3.63) is 52.5 Å². The number of rotatable bonds is 4. The molecule has 1 spiro atoms. The van der Waals surface area contributed by atoms with Crippen LogP contribution < -0.4 is 0 Å². The van der Waals surface area contributed by atoms with Gasteiger partial charge in [0, 0.05) is 24.5 Å². The minimum Gasteiger partial charge on any atom is -0.370 e. The van der Waals surface area contributed by atoms with Crippen molar-refractivity contribution in [2.24, 2.45) is 0 Å². The van der Waals surface area contributed by atoms with Crippen molar-refractivity contribution in [3.8, 4) is 0 Å². The van der Waals surface area contributed by atoms with E-state index in [1.54, 1.807) is 17.5 Å². The molecule has 5 nitrogen and oxygen atoms in total. The molecule has 0 unspecified atom stereocenters. The summed E-state index contributed by atoms with van der Waals surface area (Å²) >= 11 is 1.56. The molecule has 132 valence electrons. The molecule has 0 saturated carbocycles. The van der Waals surface area contributed by atoms with Gasteiger partial charge in [0.2, 0.25) is 0 Å². The van der Waals surface area contributed by atoms with Crippen LogP contribution in [-0.2, 0) is 16.1 Å². The normalized spacial score (nSPS) is 26.2. The van der Waals surface area contributed by atoms with Crippen LogP contribution in [-0.4, -0.2) is 47.2 Å². The van der Waals surface area contributed by atoms with Crippen molar-refractivity contribution in [2.45, 2.75) is 37.6 Å². The summed E-state index contributed by atoms with van der Waals surface area (Å²) in [6, 6.07) is 7.72. The summed E-state index contributed by atoms with van der Waals surface area (Å²) in [4.78, 5) is 18.9. The minimum atomic E-state index is -0.251. The Morgan fingerprint density at radius 3 is 3.20 bits per heavy atom. The van der Waals surface area contributed by atoms with Crippen LogP contribution in [0.3, 0.4) is 0 Å². The third-order valence-electron chi connectivity index (χ3n) is 4.96. The highest BCUT2D eigenvalue weighted by molar-refractivity contribution is 7.08. The standard InChI is InChI=1S/C19H22N2O3S/c22-18(15-5-9-25-13-15)21-8-3-6-19(14-21)10-17(12-24-19)23-11-16-4-1-2-7-20-16/h1-2,4-5,7,9,13,17H,3,6,8,10-12,14H2/t17-,19+/m1/s1. The molecule has 0 bridgehead atoms. The molecule has 0 aliphatic carbocycles. The van der Waals surface area contributed by atoms with Crippen molar-refractivity contribution in [1.82, 2.24) is 9.88 Å². The molecule has 2 aliphatic heterocycles. The largest absolute Gasteiger partial charge is 0.370 e. The molecular weight excluding hydrogens is 336 g/mol. The Labute approximate surface area is 151 Å². The van der Waals surface area contributed by atoms with Crippen molar-refractivity contribution in [2.75, 3.05) is 19.7 Å². The average Bonchev–Trinajstić information content (AvgIpc) is 3.31. The first-order valence-electron chi connectivity index (χ1n) is 8.71. The fourth-order valence-electron chi connectivity index (χ4n) is 3.72. The van der Waals surface area contributed by atoms with E-state index in [0.29, 0.717) is 19.8 Å². The van der Waals surface area contributed by atoms with Crippen LogP contribution >= 0.6 is 11.3 Å². The van der Waals surface area contributed by atoms with Gasteiger partial charge in [0.1, 0.15) is 0 Å². The van der Waals surface area contributed by atoms with Crippen molar-refractivity contribution < 1.29 is 14.3 Å². The third kappa shape index (κ3) is 3.76. The number of carbonyl (C=O) groups excluding carboxylic acids is 1. The number of nitrogens with zero attached hydrogens (tertiary/aromatic N) is 2. The second kappa shape index (κ2) is 7.23. The Hall–Kier alpha value is -1.76. The number of amides is 1. The van der Waals surface area contributed by atoms with Gasteiger partial charge in [-0.25, -0.2) is 0 Å². The minimum absolute atomic E-state index is 0.0678. The summed E-state index contributed by atoms with van der Waals surface area (Å²) in [6.45, 7) is 2.56. The van der Waals surface area contributed by atoms with Crippen LogP contribution in [0, 0.1) is 0 Å². The summed E-state index contributed by atoms with van der Waals surface area (Å²) in [5, 5.41) is 3.86. The molecule has 1 amide bonds. The number of pyridine rings is 1. The summed E-state index contributed by atoms with van der Waals surface area (Å²) < 4.78 is 12.1. The van der Waals surface area contributed by atoms with Gasteiger partial charge in [0.05, 0.1) is 42.7 Å². The van der Waals surface area contributed by atoms with Gasteiger partial charge in [-0.1, -0.05) is 6.07 Å². The van der Waals surface area contributed by atoms with E-state index in [1.807, 2.05) is 39.9 Å². The van der Waals surface area contributed by atoms with Crippen molar-refractivity contribution in [3.63, 3.8) is 0 Å². The van der Waals surface area contributed by atoms with Gasteiger partial charge in [-0.3, -0.25) is 9.78 Å². The summed E-state index contributed by atoms with van der Waals surface area (Å²) in [6.07, 6.45) is 4.65. The number of hydrogen-bond acceptors (Lipinski definition) is 5. The molecule has 2 saturated heterocycles. The molecule has 4 heterocycles. The van der Waals surface area contributed by atoms with E-state index in [9.17, 15) is 4.79 Å². The average molecular weight is 358 g/mol. The van der Waals surface area contributed by atoms with Crippen LogP contribution in [0.4, 0.5) is 0 Å². The fourth-order valence-corrected chi connectivity index (χ4v) is 4.35. The fraction of sp³-hybridized carbons (Fsp3) is 0.474. The maximum atomic E-state index is 12.6. The maximum absolute atomic E-state index is 12.6. The lowest BCUT2D eigenvalue weighted by Crippen LogP contribution is -2.50. The third-order valence-corrected chi connectivity index (χ3v) is 5.65. The Morgan fingerprint density at radius 1 is 1.44 bits per heavy atom. The van der Waals surface area contributed by atoms with Gasteiger partial charge in [-0.15, -0.1) is 0 Å². The van der Waals surface area contributed by atoms with E-state index < -0.39 is 0 Å². The lowest BCUT2D eigenvalue weighted by Gasteiger charge is -2.39. The van der Waals surface area contributed by atoms with Gasteiger partial charge in [-0.05, 0) is 36.4 Å². The molecule has 2 fully saturated rings. The summed E-state index contributed by atoms with van der Waals surface area (Å²) in [5.74, 6) is 0.113. The number of carbonyl (C=O) groups is 1. The molecule has 25 heavy (non-hydrogen) atoms. The highest BCUT2D eigenvalue weighted by Crippen LogP contribution is 2.36. The molecule has 0 radical (unpaired) electrons. The van der Waals surface area contributed by atoms with E-state index in [4.69, 9.17) is 9.47 Å². The lowest BCUT2D eigenvalue weighted by atomic mass is 9.89. The topological polar surface area (TPSA) is 51.7 Å². The SMILES string of the molecule is O=C(c1ccsc1)N1CCC[C@]2(C[C@@H](OCc3ccccn3)CO2)C1. The zero-order valence-corrected chi connectivity index (χ0v) is 14.9. The number of piperidine rings is 1. The number of thiophene rings is 1. The van der Waals surface area contributed by atoms with Gasteiger partial charge in [0.15, 0.2) is 0 Å². The molecule has 2 aliphatic rings. The van der Waals surface area contributed by atoms with Crippen LogP contribution in [0.1, 0.15) is 35.3 Å². The Balaban J connectivity index is 1.35. The van der Waals surface area contributed by atoms with Crippen molar-refractivity contribution >= 4 is 17.2 Å². The predicted octanol–water partition coefficient (Wildman–Crippen LogP) is 3.12. The zero-order valence-electron chi connectivity index (χ0n) is 14.1. The molecule has 0 N–H and O–H groups in total. The monoisotopic (exact) mass is 358 g/mol. The second-order valence-corrected chi connectivity index (χ2v) is 7.57. The van der Waals surface area contributed by atoms with Crippen molar-refractivity contribution in [1.29, 1.82) is 0 Å². The lowest BCUT2D eigenvalue weighted by molar-refractivity contribution is -0.0466. The highest BCUT2D eigenvalue weighted by atomic mass is 32.1. The Kier molecular flexibility index (Phi) is 4.83. The van der Waals surface area contributed by atoms with E-state index in [-0.39, 0.29) is 17.6 Å². The van der Waals surface area contributed by atoms with E-state index in [2.05, 4.69) is 4.98 Å². The number of aromatic nitrogens is 1. The Bertz CT molecular complexity index is 707. The predicted molar refractivity (Wildman–Crippen MR) is 95.6 cm³/mol. The Morgan fingerprint density at radius 2 is 2.40 bits per heavy atom. The zero-order chi connectivity index (χ0) is 17.1.